The molecule has 0 saturated carbocycles. The van der Waals surface area contributed by atoms with Gasteiger partial charge in [0.1, 0.15) is 16.5 Å². The fourth-order valence-electron chi connectivity index (χ4n) is 2.89. The van der Waals surface area contributed by atoms with Gasteiger partial charge in [-0.05, 0) is 30.7 Å². The van der Waals surface area contributed by atoms with Crippen LogP contribution in [0.2, 0.25) is 0 Å². The number of thiazole rings is 1. The summed E-state index contributed by atoms with van der Waals surface area (Å²) >= 11 is 0.836. The molecule has 4 rings (SSSR count). The molecule has 2 N–H and O–H groups in total. The molecule has 170 valence electrons. The lowest BCUT2D eigenvalue weighted by Gasteiger charge is -2.11. The quantitative estimate of drug-likeness (QED) is 0.426. The highest BCUT2D eigenvalue weighted by molar-refractivity contribution is 7.13. The Morgan fingerprint density at radius 2 is 2.00 bits per heavy atom. The van der Waals surface area contributed by atoms with Crippen molar-refractivity contribution in [3.05, 3.63) is 47.6 Å². The van der Waals surface area contributed by atoms with E-state index in [0.29, 0.717) is 34.8 Å². The Labute approximate surface area is 189 Å². The van der Waals surface area contributed by atoms with Gasteiger partial charge in [0.05, 0.1) is 0 Å². The van der Waals surface area contributed by atoms with E-state index in [0.717, 1.165) is 16.7 Å². The summed E-state index contributed by atoms with van der Waals surface area (Å²) in [5.41, 5.74) is 0.821. The van der Waals surface area contributed by atoms with Crippen molar-refractivity contribution < 1.29 is 22.4 Å². The molecule has 0 fully saturated rings. The lowest BCUT2D eigenvalue weighted by molar-refractivity contribution is -0.140. The molecule has 13 heteroatoms. The van der Waals surface area contributed by atoms with Gasteiger partial charge in [-0.3, -0.25) is 10.3 Å². The second-order valence-electron chi connectivity index (χ2n) is 6.69. The summed E-state index contributed by atoms with van der Waals surface area (Å²) in [7, 11) is 0. The average molecular weight is 475 g/mol. The van der Waals surface area contributed by atoms with Crippen molar-refractivity contribution in [2.45, 2.75) is 20.0 Å². The predicted molar refractivity (Wildman–Crippen MR) is 114 cm³/mol. The third-order valence-corrected chi connectivity index (χ3v) is 5.20. The number of hydrogen-bond donors (Lipinski definition) is 2. The van der Waals surface area contributed by atoms with Gasteiger partial charge in [-0.2, -0.15) is 13.2 Å². The number of urea groups is 1. The summed E-state index contributed by atoms with van der Waals surface area (Å²) in [6.07, 6.45) is -1.62. The topological polar surface area (TPSA) is 119 Å². The van der Waals surface area contributed by atoms with Crippen molar-refractivity contribution in [2.75, 3.05) is 11.9 Å². The summed E-state index contributed by atoms with van der Waals surface area (Å²) in [5.74, 6) is 0.722. The Kier molecular flexibility index (Phi) is 6.05. The summed E-state index contributed by atoms with van der Waals surface area (Å²) in [6.45, 7) is 3.79. The molecule has 0 bridgehead atoms. The van der Waals surface area contributed by atoms with Crippen LogP contribution < -0.4 is 10.6 Å². The van der Waals surface area contributed by atoms with E-state index in [1.54, 1.807) is 26.0 Å². The monoisotopic (exact) mass is 475 g/mol. The number of carbonyl (C=O) groups excluding carboxylic acids is 1. The number of rotatable bonds is 5. The number of amides is 2. The maximum absolute atomic E-state index is 13.2. The summed E-state index contributed by atoms with van der Waals surface area (Å²) in [6, 6.07) is 4.31. The molecule has 33 heavy (non-hydrogen) atoms. The molecule has 0 aliphatic heterocycles. The number of aromatic nitrogens is 5. The Balaban J connectivity index is 1.80. The van der Waals surface area contributed by atoms with Gasteiger partial charge >= 0.3 is 12.2 Å². The van der Waals surface area contributed by atoms with Gasteiger partial charge in [-0.25, -0.2) is 14.8 Å². The zero-order chi connectivity index (χ0) is 23.6. The van der Waals surface area contributed by atoms with Crippen molar-refractivity contribution in [3.8, 4) is 33.3 Å². The van der Waals surface area contributed by atoms with Gasteiger partial charge in [-0.1, -0.05) is 0 Å². The van der Waals surface area contributed by atoms with E-state index >= 15 is 0 Å². The highest BCUT2D eigenvalue weighted by Crippen LogP contribution is 2.38. The number of halogens is 3. The van der Waals surface area contributed by atoms with E-state index in [1.807, 2.05) is 0 Å². The normalized spacial score (nSPS) is 11.4. The van der Waals surface area contributed by atoms with E-state index in [4.69, 9.17) is 4.42 Å². The first-order valence-electron chi connectivity index (χ1n) is 9.59. The van der Waals surface area contributed by atoms with Crippen LogP contribution in [0, 0.1) is 6.92 Å². The van der Waals surface area contributed by atoms with Crippen molar-refractivity contribution >= 4 is 23.2 Å². The van der Waals surface area contributed by atoms with Gasteiger partial charge in [0.15, 0.2) is 5.69 Å². The number of pyridine rings is 2. The molecule has 0 radical (unpaired) electrons. The van der Waals surface area contributed by atoms with Crippen LogP contribution in [-0.4, -0.2) is 37.7 Å². The van der Waals surface area contributed by atoms with Crippen LogP contribution >= 0.6 is 11.3 Å². The predicted octanol–water partition coefficient (Wildman–Crippen LogP) is 4.79. The van der Waals surface area contributed by atoms with Gasteiger partial charge in [-0.15, -0.1) is 21.5 Å². The number of alkyl halides is 3. The molecule has 0 unspecified atom stereocenters. The van der Waals surface area contributed by atoms with Gasteiger partial charge in [0, 0.05) is 42.4 Å². The van der Waals surface area contributed by atoms with Crippen LogP contribution in [0.4, 0.5) is 23.8 Å². The van der Waals surface area contributed by atoms with E-state index < -0.39 is 17.9 Å². The standard InChI is InChI=1S/C20H16F3N7O2S/c1-3-24-19(31)28-16-7-12(18-27-15(9-33-18)20(21,22)23)13(8-26-16)11-4-5-25-14(6-11)17-30-29-10(2)32-17/h4-9H,3H2,1-2H3,(H2,24,26,28,31). The van der Waals surface area contributed by atoms with Crippen LogP contribution in [0.5, 0.6) is 0 Å². The van der Waals surface area contributed by atoms with Crippen molar-refractivity contribution in [1.82, 2.24) is 30.5 Å². The molecule has 0 aromatic carbocycles. The Hall–Kier alpha value is -3.87. The average Bonchev–Trinajstić information content (AvgIpc) is 3.43. The van der Waals surface area contributed by atoms with Crippen molar-refractivity contribution in [2.24, 2.45) is 0 Å². The number of nitrogens with zero attached hydrogens (tertiary/aromatic N) is 5. The molecule has 0 atom stereocenters. The molecule has 0 aliphatic carbocycles. The van der Waals surface area contributed by atoms with Gasteiger partial charge in [0.25, 0.3) is 5.89 Å². The molecule has 4 aromatic heterocycles. The number of carbonyl (C=O) groups is 1. The van der Waals surface area contributed by atoms with E-state index in [9.17, 15) is 18.0 Å². The zero-order valence-corrected chi connectivity index (χ0v) is 18.1. The zero-order valence-electron chi connectivity index (χ0n) is 17.3. The molecule has 9 nitrogen and oxygen atoms in total. The summed E-state index contributed by atoms with van der Waals surface area (Å²) < 4.78 is 44.9. The SMILES string of the molecule is CCNC(=O)Nc1cc(-c2nc(C(F)(F)F)cs2)c(-c2ccnc(-c3nnc(C)o3)c2)cn1. The maximum Gasteiger partial charge on any atom is 0.434 e. The minimum absolute atomic E-state index is 0.116. The molecule has 4 aromatic rings. The second kappa shape index (κ2) is 8.94. The Morgan fingerprint density at radius 3 is 2.67 bits per heavy atom. The minimum Gasteiger partial charge on any atom is -0.420 e. The van der Waals surface area contributed by atoms with Crippen LogP contribution in [0.25, 0.3) is 33.3 Å². The lowest BCUT2D eigenvalue weighted by atomic mass is 10.0. The third-order valence-electron chi connectivity index (χ3n) is 4.32. The second-order valence-corrected chi connectivity index (χ2v) is 7.55. The molecule has 0 spiro atoms. The Bertz CT molecular complexity index is 1300. The number of anilines is 1. The Morgan fingerprint density at radius 1 is 1.18 bits per heavy atom. The summed E-state index contributed by atoms with van der Waals surface area (Å²) in [5, 5.41) is 13.9. The fraction of sp³-hybridized carbons (Fsp3) is 0.200. The van der Waals surface area contributed by atoms with Crippen LogP contribution in [0.1, 0.15) is 18.5 Å². The third kappa shape index (κ3) is 4.98. The molecule has 4 heterocycles. The molecular formula is C20H16F3N7O2S. The van der Waals surface area contributed by atoms with Crippen LogP contribution in [0.3, 0.4) is 0 Å². The first-order valence-corrected chi connectivity index (χ1v) is 10.5. The molecule has 0 aliphatic rings. The van der Waals surface area contributed by atoms with Crippen LogP contribution in [0.15, 0.2) is 40.4 Å². The van der Waals surface area contributed by atoms with Crippen molar-refractivity contribution in [1.29, 1.82) is 0 Å². The first-order chi connectivity index (χ1) is 15.7. The lowest BCUT2D eigenvalue weighted by Crippen LogP contribution is -2.28. The van der Waals surface area contributed by atoms with E-state index in [1.165, 1.54) is 18.5 Å². The number of hydrogen-bond acceptors (Lipinski definition) is 8. The highest BCUT2D eigenvalue weighted by atomic mass is 32.1. The van der Waals surface area contributed by atoms with Crippen LogP contribution in [-0.2, 0) is 6.18 Å². The van der Waals surface area contributed by atoms with Crippen molar-refractivity contribution in [3.63, 3.8) is 0 Å². The van der Waals surface area contributed by atoms with Gasteiger partial charge in [0.2, 0.25) is 5.89 Å². The molecule has 0 saturated heterocycles. The summed E-state index contributed by atoms with van der Waals surface area (Å²) in [4.78, 5) is 24.1. The molecule has 2 amide bonds. The molecular weight excluding hydrogens is 459 g/mol. The fourth-order valence-corrected chi connectivity index (χ4v) is 3.75. The first kappa shape index (κ1) is 22.3. The highest BCUT2D eigenvalue weighted by Gasteiger charge is 2.34. The number of aryl methyl sites for hydroxylation is 1. The minimum atomic E-state index is -4.58. The van der Waals surface area contributed by atoms with Gasteiger partial charge < -0.3 is 9.73 Å². The van der Waals surface area contributed by atoms with E-state index in [2.05, 4.69) is 35.8 Å². The van der Waals surface area contributed by atoms with E-state index in [-0.39, 0.29) is 16.7 Å². The smallest absolute Gasteiger partial charge is 0.420 e. The number of nitrogens with one attached hydrogen (secondary N) is 2. The largest absolute Gasteiger partial charge is 0.434 e. The maximum atomic E-state index is 13.2.